The van der Waals surface area contributed by atoms with Gasteiger partial charge in [0.25, 0.3) is 5.91 Å². The molecule has 0 saturated carbocycles. The van der Waals surface area contributed by atoms with Crippen molar-refractivity contribution in [3.05, 3.63) is 82.8 Å². The Morgan fingerprint density at radius 2 is 1.86 bits per heavy atom. The summed E-state index contributed by atoms with van der Waals surface area (Å²) in [6.45, 7) is 2.45. The minimum absolute atomic E-state index is 0.120. The van der Waals surface area contributed by atoms with Crippen molar-refractivity contribution in [2.24, 2.45) is 5.10 Å². The van der Waals surface area contributed by atoms with Crippen LogP contribution in [0.4, 0.5) is 0 Å². The minimum Gasteiger partial charge on any atom is -0.493 e. The van der Waals surface area contributed by atoms with E-state index in [1.807, 2.05) is 72.2 Å². The second-order valence-corrected chi connectivity index (χ2v) is 9.27. The summed E-state index contributed by atoms with van der Waals surface area (Å²) in [5, 5.41) is 13.4. The first-order valence-electron chi connectivity index (χ1n) is 11.1. The molecule has 0 fully saturated rings. The molecule has 0 atom stereocenters. The summed E-state index contributed by atoms with van der Waals surface area (Å²) in [5.41, 5.74) is 5.15. The van der Waals surface area contributed by atoms with Crippen LogP contribution in [0.25, 0.3) is 17.1 Å². The lowest BCUT2D eigenvalue weighted by Gasteiger charge is -2.10. The highest BCUT2D eigenvalue weighted by Gasteiger charge is 2.17. The van der Waals surface area contributed by atoms with Crippen molar-refractivity contribution >= 4 is 39.8 Å². The van der Waals surface area contributed by atoms with Crippen LogP contribution in [0.2, 0.25) is 0 Å². The van der Waals surface area contributed by atoms with E-state index in [1.54, 1.807) is 25.5 Å². The molecular formula is C26H24BrN5O3S. The van der Waals surface area contributed by atoms with E-state index in [0.29, 0.717) is 29.1 Å². The van der Waals surface area contributed by atoms with Crippen LogP contribution >= 0.6 is 27.7 Å². The van der Waals surface area contributed by atoms with Gasteiger partial charge in [-0.15, -0.1) is 10.2 Å². The number of hydrogen-bond donors (Lipinski definition) is 1. The van der Waals surface area contributed by atoms with Crippen molar-refractivity contribution in [3.8, 4) is 28.6 Å². The standard InChI is InChI=1S/C26H24BrN5O3S/c1-3-35-22-14-9-18(15-23(22)34-2)16-28-29-24(33)17-36-26-31-30-25(19-10-12-20(27)13-11-19)32(26)21-7-5-4-6-8-21/h4-16H,3,17H2,1-2H3,(H,29,33)/b28-16+. The van der Waals surface area contributed by atoms with Crippen LogP contribution in [0.5, 0.6) is 11.5 Å². The minimum atomic E-state index is -0.262. The Kier molecular flexibility index (Phi) is 8.75. The van der Waals surface area contributed by atoms with Crippen LogP contribution in [0.1, 0.15) is 12.5 Å². The Morgan fingerprint density at radius 3 is 2.58 bits per heavy atom. The molecule has 4 aromatic rings. The van der Waals surface area contributed by atoms with Crippen LogP contribution < -0.4 is 14.9 Å². The molecule has 0 radical (unpaired) electrons. The molecule has 0 saturated heterocycles. The number of amides is 1. The van der Waals surface area contributed by atoms with Gasteiger partial charge in [-0.1, -0.05) is 58.0 Å². The summed E-state index contributed by atoms with van der Waals surface area (Å²) in [7, 11) is 1.58. The van der Waals surface area contributed by atoms with Crippen LogP contribution in [0.15, 0.2) is 87.5 Å². The highest BCUT2D eigenvalue weighted by atomic mass is 79.9. The van der Waals surface area contributed by atoms with E-state index in [0.717, 1.165) is 21.3 Å². The molecule has 36 heavy (non-hydrogen) atoms. The fraction of sp³-hybridized carbons (Fsp3) is 0.154. The Bertz CT molecular complexity index is 1340. The summed E-state index contributed by atoms with van der Waals surface area (Å²) in [6, 6.07) is 23.1. The Hall–Kier alpha value is -3.63. The molecule has 4 rings (SSSR count). The summed E-state index contributed by atoms with van der Waals surface area (Å²) < 4.78 is 13.8. The van der Waals surface area contributed by atoms with E-state index in [-0.39, 0.29) is 11.7 Å². The topological polar surface area (TPSA) is 90.6 Å². The van der Waals surface area contributed by atoms with Gasteiger partial charge in [0.1, 0.15) is 0 Å². The Morgan fingerprint density at radius 1 is 1.08 bits per heavy atom. The molecule has 1 heterocycles. The first-order valence-corrected chi connectivity index (χ1v) is 12.9. The predicted molar refractivity (Wildman–Crippen MR) is 145 cm³/mol. The molecule has 0 spiro atoms. The lowest BCUT2D eigenvalue weighted by atomic mass is 10.2. The van der Waals surface area contributed by atoms with Gasteiger partial charge in [0.15, 0.2) is 22.5 Å². The van der Waals surface area contributed by atoms with Gasteiger partial charge in [0, 0.05) is 15.7 Å². The van der Waals surface area contributed by atoms with Crippen molar-refractivity contribution in [1.82, 2.24) is 20.2 Å². The maximum absolute atomic E-state index is 12.5. The number of carbonyl (C=O) groups is 1. The number of thioether (sulfide) groups is 1. The van der Waals surface area contributed by atoms with E-state index >= 15 is 0 Å². The average Bonchev–Trinajstić information content (AvgIpc) is 3.33. The van der Waals surface area contributed by atoms with Gasteiger partial charge in [-0.05, 0) is 55.0 Å². The van der Waals surface area contributed by atoms with Crippen LogP contribution in [0.3, 0.4) is 0 Å². The van der Waals surface area contributed by atoms with Crippen LogP contribution in [0, 0.1) is 0 Å². The first kappa shape index (κ1) is 25.5. The monoisotopic (exact) mass is 565 g/mol. The Balaban J connectivity index is 1.45. The van der Waals surface area contributed by atoms with Crippen LogP contribution in [-0.4, -0.2) is 46.4 Å². The van der Waals surface area contributed by atoms with Crippen molar-refractivity contribution in [3.63, 3.8) is 0 Å². The van der Waals surface area contributed by atoms with E-state index in [1.165, 1.54) is 11.8 Å². The normalized spacial score (nSPS) is 11.0. The first-order chi connectivity index (χ1) is 17.6. The zero-order chi connectivity index (χ0) is 25.3. The zero-order valence-electron chi connectivity index (χ0n) is 19.7. The van der Waals surface area contributed by atoms with Gasteiger partial charge in [0.05, 0.1) is 25.7 Å². The molecule has 1 aromatic heterocycles. The van der Waals surface area contributed by atoms with Crippen molar-refractivity contribution in [2.75, 3.05) is 19.5 Å². The number of para-hydroxylation sites is 1. The SMILES string of the molecule is CCOc1ccc(/C=N/NC(=O)CSc2nnc(-c3ccc(Br)cc3)n2-c2ccccc2)cc1OC. The quantitative estimate of drug-likeness (QED) is 0.158. The van der Waals surface area contributed by atoms with Gasteiger partial charge in [-0.25, -0.2) is 5.43 Å². The molecule has 10 heteroatoms. The maximum Gasteiger partial charge on any atom is 0.250 e. The fourth-order valence-corrected chi connectivity index (χ4v) is 4.35. The molecule has 0 aliphatic rings. The molecule has 184 valence electrons. The summed E-state index contributed by atoms with van der Waals surface area (Å²) in [4.78, 5) is 12.5. The van der Waals surface area contributed by atoms with E-state index in [4.69, 9.17) is 9.47 Å². The second-order valence-electron chi connectivity index (χ2n) is 7.41. The number of carbonyl (C=O) groups excluding carboxylic acids is 1. The summed E-state index contributed by atoms with van der Waals surface area (Å²) in [6.07, 6.45) is 1.55. The number of hydrogen-bond acceptors (Lipinski definition) is 7. The van der Waals surface area contributed by atoms with Gasteiger partial charge < -0.3 is 9.47 Å². The van der Waals surface area contributed by atoms with E-state index in [9.17, 15) is 4.79 Å². The smallest absolute Gasteiger partial charge is 0.250 e. The number of ether oxygens (including phenoxy) is 2. The van der Waals surface area contributed by atoms with E-state index in [2.05, 4.69) is 36.7 Å². The number of nitrogens with one attached hydrogen (secondary N) is 1. The lowest BCUT2D eigenvalue weighted by molar-refractivity contribution is -0.118. The molecule has 0 bridgehead atoms. The number of methoxy groups -OCH3 is 1. The van der Waals surface area contributed by atoms with Crippen molar-refractivity contribution in [2.45, 2.75) is 12.1 Å². The summed E-state index contributed by atoms with van der Waals surface area (Å²) >= 11 is 4.75. The number of nitrogens with zero attached hydrogens (tertiary/aromatic N) is 4. The number of benzene rings is 3. The van der Waals surface area contributed by atoms with Gasteiger partial charge in [0.2, 0.25) is 0 Å². The average molecular weight is 566 g/mol. The molecule has 0 unspecified atom stereocenters. The second kappa shape index (κ2) is 12.4. The van der Waals surface area contributed by atoms with Gasteiger partial charge >= 0.3 is 0 Å². The zero-order valence-corrected chi connectivity index (χ0v) is 22.1. The van der Waals surface area contributed by atoms with Gasteiger partial charge in [-0.3, -0.25) is 9.36 Å². The molecule has 1 N–H and O–H groups in total. The predicted octanol–water partition coefficient (Wildman–Crippen LogP) is 5.35. The van der Waals surface area contributed by atoms with Crippen molar-refractivity contribution in [1.29, 1.82) is 0 Å². The molecule has 3 aromatic carbocycles. The number of rotatable bonds is 10. The number of halogens is 1. The lowest BCUT2D eigenvalue weighted by Crippen LogP contribution is -2.20. The molecule has 0 aliphatic heterocycles. The third kappa shape index (κ3) is 6.32. The molecule has 1 amide bonds. The number of hydrazone groups is 1. The summed E-state index contributed by atoms with van der Waals surface area (Å²) in [5.74, 6) is 1.81. The molecule has 0 aliphatic carbocycles. The van der Waals surface area contributed by atoms with E-state index < -0.39 is 0 Å². The van der Waals surface area contributed by atoms with Crippen molar-refractivity contribution < 1.29 is 14.3 Å². The fourth-order valence-electron chi connectivity index (χ4n) is 3.34. The largest absolute Gasteiger partial charge is 0.493 e. The van der Waals surface area contributed by atoms with Gasteiger partial charge in [-0.2, -0.15) is 5.10 Å². The highest BCUT2D eigenvalue weighted by Crippen LogP contribution is 2.29. The van der Waals surface area contributed by atoms with Crippen LogP contribution in [-0.2, 0) is 4.79 Å². The Labute approximate surface area is 221 Å². The maximum atomic E-state index is 12.5. The molecular weight excluding hydrogens is 542 g/mol. The molecule has 8 nitrogen and oxygen atoms in total. The third-order valence-corrected chi connectivity index (χ3v) is 6.43. The third-order valence-electron chi connectivity index (χ3n) is 4.97. The highest BCUT2D eigenvalue weighted by molar-refractivity contribution is 9.10. The number of aromatic nitrogens is 3.